The van der Waals surface area contributed by atoms with Gasteiger partial charge >= 0.3 is 0 Å². The minimum atomic E-state index is -0.827. The average molecular weight is 146 g/mol. The molecule has 2 nitrogen and oxygen atoms in total. The lowest BCUT2D eigenvalue weighted by Gasteiger charge is -2.31. The van der Waals surface area contributed by atoms with Crippen molar-refractivity contribution in [1.82, 2.24) is 4.90 Å². The molecule has 0 aromatic heterocycles. The van der Waals surface area contributed by atoms with Crippen LogP contribution >= 0.6 is 0 Å². The topological polar surface area (TPSA) is 29.3 Å². The zero-order valence-corrected chi connectivity index (χ0v) is 6.39. The lowest BCUT2D eigenvalue weighted by Crippen LogP contribution is -2.45. The van der Waals surface area contributed by atoms with Crippen molar-refractivity contribution in [2.45, 2.75) is 32.1 Å². The predicted octanol–water partition coefficient (Wildman–Crippen LogP) is 0.725. The second-order valence-electron chi connectivity index (χ2n) is 2.97. The highest BCUT2D eigenvalue weighted by Crippen LogP contribution is 2.11. The second kappa shape index (κ2) is 3.30. The van der Waals surface area contributed by atoms with Gasteiger partial charge in [-0.1, -0.05) is 0 Å². The highest BCUT2D eigenvalue weighted by atomic mass is 19.1. The average Bonchev–Trinajstić information content (AvgIpc) is 1.88. The van der Waals surface area contributed by atoms with Crippen LogP contribution in [0.5, 0.6) is 0 Å². The first-order chi connectivity index (χ1) is 4.70. The van der Waals surface area contributed by atoms with E-state index >= 15 is 0 Å². The molecule has 2 N–H and O–H groups in total. The largest absolute Gasteiger partial charge is 0.327 e. The van der Waals surface area contributed by atoms with Crippen molar-refractivity contribution < 1.29 is 4.39 Å². The second-order valence-corrected chi connectivity index (χ2v) is 2.97. The minimum Gasteiger partial charge on any atom is -0.327 e. The Hall–Kier alpha value is -0.150. The number of piperidine rings is 1. The fourth-order valence-electron chi connectivity index (χ4n) is 1.36. The molecule has 0 radical (unpaired) electrons. The van der Waals surface area contributed by atoms with E-state index < -0.39 is 6.30 Å². The first-order valence-corrected chi connectivity index (χ1v) is 3.84. The van der Waals surface area contributed by atoms with Crippen molar-refractivity contribution in [3.05, 3.63) is 0 Å². The van der Waals surface area contributed by atoms with E-state index in [1.807, 2.05) is 0 Å². The third-order valence-corrected chi connectivity index (χ3v) is 1.99. The quantitative estimate of drug-likeness (QED) is 0.552. The maximum atomic E-state index is 12.6. The smallest absolute Gasteiger partial charge is 0.150 e. The predicted molar refractivity (Wildman–Crippen MR) is 39.4 cm³/mol. The highest BCUT2D eigenvalue weighted by molar-refractivity contribution is 4.75. The van der Waals surface area contributed by atoms with E-state index in [1.54, 1.807) is 11.8 Å². The third-order valence-electron chi connectivity index (χ3n) is 1.99. The van der Waals surface area contributed by atoms with Crippen LogP contribution in [0, 0.1) is 0 Å². The van der Waals surface area contributed by atoms with Gasteiger partial charge in [-0.3, -0.25) is 4.90 Å². The first kappa shape index (κ1) is 7.95. The van der Waals surface area contributed by atoms with Crippen molar-refractivity contribution in [2.75, 3.05) is 13.1 Å². The summed E-state index contributed by atoms with van der Waals surface area (Å²) in [5.41, 5.74) is 5.65. The zero-order valence-electron chi connectivity index (χ0n) is 6.39. The lowest BCUT2D eigenvalue weighted by molar-refractivity contribution is 0.0704. The van der Waals surface area contributed by atoms with E-state index in [9.17, 15) is 4.39 Å². The monoisotopic (exact) mass is 146 g/mol. The van der Waals surface area contributed by atoms with E-state index in [2.05, 4.69) is 0 Å². The summed E-state index contributed by atoms with van der Waals surface area (Å²) in [5.74, 6) is 0. The molecule has 0 saturated carbocycles. The van der Waals surface area contributed by atoms with Gasteiger partial charge in [0.1, 0.15) is 0 Å². The molecular weight excluding hydrogens is 131 g/mol. The van der Waals surface area contributed by atoms with E-state index in [-0.39, 0.29) is 6.04 Å². The Morgan fingerprint density at radius 3 is 2.80 bits per heavy atom. The maximum Gasteiger partial charge on any atom is 0.150 e. The van der Waals surface area contributed by atoms with E-state index in [4.69, 9.17) is 5.73 Å². The van der Waals surface area contributed by atoms with Crippen LogP contribution in [0.3, 0.4) is 0 Å². The van der Waals surface area contributed by atoms with Crippen molar-refractivity contribution in [3.8, 4) is 0 Å². The molecule has 1 rings (SSSR count). The summed E-state index contributed by atoms with van der Waals surface area (Å²) in [5, 5.41) is 0. The number of hydrogen-bond donors (Lipinski definition) is 1. The molecule has 1 heterocycles. The van der Waals surface area contributed by atoms with Crippen molar-refractivity contribution in [2.24, 2.45) is 5.73 Å². The highest BCUT2D eigenvalue weighted by Gasteiger charge is 2.19. The van der Waals surface area contributed by atoms with Crippen LogP contribution in [0.4, 0.5) is 4.39 Å². The van der Waals surface area contributed by atoms with Gasteiger partial charge in [-0.15, -0.1) is 0 Å². The van der Waals surface area contributed by atoms with Crippen molar-refractivity contribution >= 4 is 0 Å². The van der Waals surface area contributed by atoms with Crippen molar-refractivity contribution in [3.63, 3.8) is 0 Å². The van der Waals surface area contributed by atoms with E-state index in [1.165, 1.54) is 0 Å². The third kappa shape index (κ3) is 1.92. The van der Waals surface area contributed by atoms with Crippen LogP contribution in [0.1, 0.15) is 19.8 Å². The van der Waals surface area contributed by atoms with Crippen LogP contribution in [-0.4, -0.2) is 30.3 Å². The summed E-state index contributed by atoms with van der Waals surface area (Å²) in [6.45, 7) is 3.15. The standard InChI is InChI=1S/C7H15FN2/c1-6(8)10-4-2-3-7(9)5-10/h6-7H,2-5,9H2,1H3. The molecule has 0 aromatic carbocycles. The first-order valence-electron chi connectivity index (χ1n) is 3.84. The molecule has 2 atom stereocenters. The Morgan fingerprint density at radius 2 is 2.40 bits per heavy atom. The number of halogens is 1. The molecule has 1 saturated heterocycles. The lowest BCUT2D eigenvalue weighted by atomic mass is 10.1. The summed E-state index contributed by atoms with van der Waals surface area (Å²) in [7, 11) is 0. The zero-order chi connectivity index (χ0) is 7.56. The van der Waals surface area contributed by atoms with Crippen LogP contribution in [0.25, 0.3) is 0 Å². The molecule has 3 heteroatoms. The van der Waals surface area contributed by atoms with Crippen LogP contribution < -0.4 is 5.73 Å². The summed E-state index contributed by atoms with van der Waals surface area (Å²) in [6.07, 6.45) is 1.25. The molecule has 0 amide bonds. The Bertz CT molecular complexity index is 106. The van der Waals surface area contributed by atoms with Gasteiger partial charge in [0.05, 0.1) is 0 Å². The van der Waals surface area contributed by atoms with E-state index in [0.29, 0.717) is 0 Å². The number of rotatable bonds is 1. The SMILES string of the molecule is CC(F)N1CCCC(N)C1. The molecule has 1 fully saturated rings. The van der Waals surface area contributed by atoms with Crippen LogP contribution in [0.15, 0.2) is 0 Å². The Balaban J connectivity index is 2.32. The van der Waals surface area contributed by atoms with Crippen LogP contribution in [0.2, 0.25) is 0 Å². The number of likely N-dealkylation sites (tertiary alicyclic amines) is 1. The fraction of sp³-hybridized carbons (Fsp3) is 1.00. The van der Waals surface area contributed by atoms with Gasteiger partial charge in [-0.2, -0.15) is 0 Å². The molecule has 0 aliphatic carbocycles. The number of hydrogen-bond acceptors (Lipinski definition) is 2. The maximum absolute atomic E-state index is 12.6. The Morgan fingerprint density at radius 1 is 1.70 bits per heavy atom. The summed E-state index contributed by atoms with van der Waals surface area (Å²) in [4.78, 5) is 1.79. The number of alkyl halides is 1. The normalized spacial score (nSPS) is 32.1. The summed E-state index contributed by atoms with van der Waals surface area (Å²) >= 11 is 0. The van der Waals surface area contributed by atoms with Gasteiger partial charge < -0.3 is 5.73 Å². The van der Waals surface area contributed by atoms with Gasteiger partial charge in [0, 0.05) is 19.1 Å². The van der Waals surface area contributed by atoms with Gasteiger partial charge in [-0.05, 0) is 19.8 Å². The molecule has 0 spiro atoms. The molecule has 10 heavy (non-hydrogen) atoms. The van der Waals surface area contributed by atoms with E-state index in [0.717, 1.165) is 25.9 Å². The molecule has 0 aromatic rings. The van der Waals surface area contributed by atoms with Gasteiger partial charge in [0.25, 0.3) is 0 Å². The minimum absolute atomic E-state index is 0.187. The van der Waals surface area contributed by atoms with Gasteiger partial charge in [0.15, 0.2) is 6.30 Å². The molecule has 0 bridgehead atoms. The number of nitrogens with zero attached hydrogens (tertiary/aromatic N) is 1. The molecule has 1 aliphatic heterocycles. The molecule has 2 unspecified atom stereocenters. The Labute approximate surface area is 61.2 Å². The molecule has 60 valence electrons. The Kier molecular flexibility index (Phi) is 2.63. The summed E-state index contributed by atoms with van der Waals surface area (Å²) < 4.78 is 12.6. The number of nitrogens with two attached hydrogens (primary N) is 1. The fourth-order valence-corrected chi connectivity index (χ4v) is 1.36. The molecular formula is C7H15FN2. The van der Waals surface area contributed by atoms with Crippen molar-refractivity contribution in [1.29, 1.82) is 0 Å². The molecule has 1 aliphatic rings. The van der Waals surface area contributed by atoms with Gasteiger partial charge in [-0.25, -0.2) is 4.39 Å². The van der Waals surface area contributed by atoms with Crippen LogP contribution in [-0.2, 0) is 0 Å². The summed E-state index contributed by atoms with van der Waals surface area (Å²) in [6, 6.07) is 0.187. The van der Waals surface area contributed by atoms with Gasteiger partial charge in [0.2, 0.25) is 0 Å².